The zero-order valence-electron chi connectivity index (χ0n) is 12.4. The Morgan fingerprint density at radius 2 is 1.44 bits per heavy atom. The molecule has 0 radical (unpaired) electrons. The van der Waals surface area contributed by atoms with Crippen molar-refractivity contribution in [2.45, 2.75) is 59.3 Å². The van der Waals surface area contributed by atoms with Crippen molar-refractivity contribution in [3.63, 3.8) is 0 Å². The lowest BCUT2D eigenvalue weighted by Crippen LogP contribution is -2.09. The second-order valence-corrected chi connectivity index (χ2v) is 5.99. The average Bonchev–Trinajstić information content (AvgIpc) is 2.27. The summed E-state index contributed by atoms with van der Waals surface area (Å²) in [7, 11) is 0. The first-order valence-corrected chi connectivity index (χ1v) is 7.24. The van der Waals surface area contributed by atoms with Gasteiger partial charge in [-0.05, 0) is 40.5 Å². The zero-order valence-corrected chi connectivity index (χ0v) is 13.2. The van der Waals surface area contributed by atoms with E-state index in [-0.39, 0.29) is 0 Å². The smallest absolute Gasteiger partial charge is 0.0659 e. The van der Waals surface area contributed by atoms with Crippen LogP contribution in [0.2, 0.25) is 0 Å². The van der Waals surface area contributed by atoms with E-state index >= 15 is 0 Å². The minimum absolute atomic E-state index is 0.499. The summed E-state index contributed by atoms with van der Waals surface area (Å²) in [5.41, 5.74) is 7.12. The molecule has 1 N–H and O–H groups in total. The van der Waals surface area contributed by atoms with Crippen molar-refractivity contribution in [2.24, 2.45) is 0 Å². The number of anilines is 1. The Kier molecular flexibility index (Phi) is 5.33. The lowest BCUT2D eigenvalue weighted by atomic mass is 9.82. The molecule has 0 aliphatic heterocycles. The van der Waals surface area contributed by atoms with Crippen molar-refractivity contribution in [2.75, 3.05) is 5.32 Å². The van der Waals surface area contributed by atoms with E-state index in [4.69, 9.17) is 12.2 Å². The Bertz CT molecular complexity index is 419. The third-order valence-electron chi connectivity index (χ3n) is 3.31. The van der Waals surface area contributed by atoms with E-state index in [1.54, 1.807) is 5.49 Å². The molecule has 1 nitrogen and oxygen atoms in total. The second-order valence-electron chi connectivity index (χ2n) is 5.76. The fourth-order valence-electron chi connectivity index (χ4n) is 2.61. The van der Waals surface area contributed by atoms with Crippen LogP contribution in [0.1, 0.15) is 76.0 Å². The summed E-state index contributed by atoms with van der Waals surface area (Å²) in [5.74, 6) is 1.59. The minimum atomic E-state index is 0.499. The van der Waals surface area contributed by atoms with E-state index in [2.05, 4.69) is 59.0 Å². The first-order chi connectivity index (χ1) is 8.40. The highest BCUT2D eigenvalue weighted by molar-refractivity contribution is 7.79. The molecule has 100 valence electrons. The highest BCUT2D eigenvalue weighted by Gasteiger charge is 2.19. The molecule has 0 aromatic heterocycles. The van der Waals surface area contributed by atoms with Gasteiger partial charge in [0.2, 0.25) is 0 Å². The van der Waals surface area contributed by atoms with E-state index in [1.807, 2.05) is 0 Å². The molecule has 0 fully saturated rings. The third-order valence-corrected chi connectivity index (χ3v) is 3.43. The Morgan fingerprint density at radius 3 is 1.83 bits per heavy atom. The summed E-state index contributed by atoms with van der Waals surface area (Å²) in [6.45, 7) is 13.6. The van der Waals surface area contributed by atoms with E-state index in [0.29, 0.717) is 17.8 Å². The highest BCUT2D eigenvalue weighted by Crippen LogP contribution is 2.37. The van der Waals surface area contributed by atoms with Crippen LogP contribution < -0.4 is 5.32 Å². The fourth-order valence-corrected chi connectivity index (χ4v) is 2.74. The topological polar surface area (TPSA) is 12.0 Å². The van der Waals surface area contributed by atoms with Crippen molar-refractivity contribution < 1.29 is 0 Å². The predicted molar refractivity (Wildman–Crippen MR) is 86.0 cm³/mol. The van der Waals surface area contributed by atoms with Crippen LogP contribution in [0.5, 0.6) is 0 Å². The van der Waals surface area contributed by atoms with Crippen LogP contribution in [0.25, 0.3) is 0 Å². The summed E-state index contributed by atoms with van der Waals surface area (Å²) in [5, 5.41) is 3.21. The van der Waals surface area contributed by atoms with Crippen LogP contribution in [0.15, 0.2) is 12.1 Å². The molecule has 0 atom stereocenters. The normalized spacial score (nSPS) is 11.4. The van der Waals surface area contributed by atoms with Crippen LogP contribution in [0, 0.1) is 0 Å². The molecule has 1 aromatic carbocycles. The Balaban J connectivity index is 3.54. The summed E-state index contributed by atoms with van der Waals surface area (Å²) < 4.78 is 0. The molecule has 18 heavy (non-hydrogen) atoms. The van der Waals surface area contributed by atoms with E-state index in [0.717, 1.165) is 5.69 Å². The van der Waals surface area contributed by atoms with Gasteiger partial charge in [0.25, 0.3) is 0 Å². The molecule has 0 aliphatic rings. The standard InChI is InChI=1S/C16H25NS/c1-10(2)13-7-8-14(17-9-18)16(12(5)6)15(13)11(3)4/h7-12H,1-6H3,(H,17,18). The summed E-state index contributed by atoms with van der Waals surface area (Å²) in [6, 6.07) is 4.41. The van der Waals surface area contributed by atoms with Crippen molar-refractivity contribution in [1.82, 2.24) is 0 Å². The minimum Gasteiger partial charge on any atom is -0.352 e. The van der Waals surface area contributed by atoms with Gasteiger partial charge in [-0.25, -0.2) is 0 Å². The molecule has 0 aliphatic carbocycles. The van der Waals surface area contributed by atoms with Crippen LogP contribution in [-0.4, -0.2) is 5.49 Å². The molecule has 1 rings (SSSR count). The van der Waals surface area contributed by atoms with Gasteiger partial charge < -0.3 is 5.32 Å². The van der Waals surface area contributed by atoms with Crippen molar-refractivity contribution in [3.05, 3.63) is 28.8 Å². The maximum atomic E-state index is 4.94. The zero-order chi connectivity index (χ0) is 13.9. The molecule has 0 saturated heterocycles. The SMILES string of the molecule is CC(C)c1ccc(NC=S)c(C(C)C)c1C(C)C. The molecule has 0 spiro atoms. The van der Waals surface area contributed by atoms with E-state index in [1.165, 1.54) is 16.7 Å². The van der Waals surface area contributed by atoms with Crippen LogP contribution in [0.3, 0.4) is 0 Å². The average molecular weight is 263 g/mol. The molecular formula is C16H25NS. The van der Waals surface area contributed by atoms with Gasteiger partial charge in [0, 0.05) is 5.69 Å². The largest absolute Gasteiger partial charge is 0.352 e. The second kappa shape index (κ2) is 6.33. The highest BCUT2D eigenvalue weighted by atomic mass is 32.1. The molecule has 0 heterocycles. The first-order valence-electron chi connectivity index (χ1n) is 6.77. The Morgan fingerprint density at radius 1 is 0.889 bits per heavy atom. The Labute approximate surface area is 117 Å². The molecule has 1 aromatic rings. The van der Waals surface area contributed by atoms with Gasteiger partial charge in [-0.15, -0.1) is 0 Å². The molecule has 0 amide bonds. The number of hydrogen-bond acceptors (Lipinski definition) is 1. The van der Waals surface area contributed by atoms with Gasteiger partial charge >= 0.3 is 0 Å². The molecule has 0 unspecified atom stereocenters. The molecule has 0 bridgehead atoms. The van der Waals surface area contributed by atoms with Gasteiger partial charge in [0.15, 0.2) is 0 Å². The molecule has 2 heteroatoms. The van der Waals surface area contributed by atoms with Gasteiger partial charge in [-0.1, -0.05) is 59.8 Å². The Hall–Kier alpha value is -0.890. The number of nitrogens with one attached hydrogen (secondary N) is 1. The maximum Gasteiger partial charge on any atom is 0.0659 e. The van der Waals surface area contributed by atoms with Crippen molar-refractivity contribution in [1.29, 1.82) is 0 Å². The maximum absolute atomic E-state index is 4.94. The lowest BCUT2D eigenvalue weighted by molar-refractivity contribution is 0.750. The van der Waals surface area contributed by atoms with Gasteiger partial charge in [0.1, 0.15) is 0 Å². The van der Waals surface area contributed by atoms with Crippen LogP contribution in [-0.2, 0) is 0 Å². The fraction of sp³-hybridized carbons (Fsp3) is 0.562. The van der Waals surface area contributed by atoms with Gasteiger partial charge in [-0.2, -0.15) is 0 Å². The van der Waals surface area contributed by atoms with Crippen LogP contribution in [0.4, 0.5) is 5.69 Å². The summed E-state index contributed by atoms with van der Waals surface area (Å²) in [4.78, 5) is 0. The molecule has 0 saturated carbocycles. The summed E-state index contributed by atoms with van der Waals surface area (Å²) >= 11 is 4.94. The lowest BCUT2D eigenvalue weighted by Gasteiger charge is -2.25. The quantitative estimate of drug-likeness (QED) is 0.711. The van der Waals surface area contributed by atoms with Crippen molar-refractivity contribution in [3.8, 4) is 0 Å². The number of rotatable bonds is 5. The number of hydrogen-bond donors (Lipinski definition) is 1. The van der Waals surface area contributed by atoms with E-state index in [9.17, 15) is 0 Å². The first kappa shape index (κ1) is 15.2. The molecular weight excluding hydrogens is 238 g/mol. The number of benzene rings is 1. The third kappa shape index (κ3) is 3.11. The van der Waals surface area contributed by atoms with Crippen LogP contribution >= 0.6 is 12.2 Å². The van der Waals surface area contributed by atoms with E-state index < -0.39 is 0 Å². The summed E-state index contributed by atoms with van der Waals surface area (Å²) in [6.07, 6.45) is 0. The van der Waals surface area contributed by atoms with Gasteiger partial charge in [-0.3, -0.25) is 0 Å². The number of thiocarbonyl (C=S) groups is 1. The predicted octanol–water partition coefficient (Wildman–Crippen LogP) is 5.43. The van der Waals surface area contributed by atoms with Gasteiger partial charge in [0.05, 0.1) is 5.49 Å². The van der Waals surface area contributed by atoms with Crippen molar-refractivity contribution >= 4 is 23.4 Å². The monoisotopic (exact) mass is 263 g/mol.